The van der Waals surface area contributed by atoms with Gasteiger partial charge in [0.1, 0.15) is 5.75 Å². The molecule has 0 amide bonds. The van der Waals surface area contributed by atoms with E-state index in [0.29, 0.717) is 4.47 Å². The average molecular weight is 291 g/mol. The van der Waals surface area contributed by atoms with E-state index in [1.807, 2.05) is 0 Å². The first-order valence-electron chi connectivity index (χ1n) is 4.74. The molecular formula is C11H12BrFO3. The van der Waals surface area contributed by atoms with E-state index < -0.39 is 11.6 Å². The molecule has 0 spiro atoms. The minimum Gasteiger partial charge on any atom is -0.507 e. The molecule has 3 nitrogen and oxygen atoms in total. The van der Waals surface area contributed by atoms with E-state index in [1.54, 1.807) is 6.92 Å². The first-order chi connectivity index (χ1) is 7.39. The van der Waals surface area contributed by atoms with Gasteiger partial charge in [0, 0.05) is 5.56 Å². The Morgan fingerprint density at radius 1 is 1.62 bits per heavy atom. The Morgan fingerprint density at radius 2 is 2.25 bits per heavy atom. The lowest BCUT2D eigenvalue weighted by atomic mass is 9.98. The third-order valence-corrected chi connectivity index (χ3v) is 2.78. The normalized spacial score (nSPS) is 14.2. The van der Waals surface area contributed by atoms with E-state index >= 15 is 0 Å². The molecule has 0 aliphatic rings. The molecule has 0 heterocycles. The second kappa shape index (κ2) is 4.82. The van der Waals surface area contributed by atoms with Crippen molar-refractivity contribution in [2.24, 2.45) is 0 Å². The number of phenols is 1. The summed E-state index contributed by atoms with van der Waals surface area (Å²) < 4.78 is 19.1. The molecule has 1 aromatic carbocycles. The van der Waals surface area contributed by atoms with Gasteiger partial charge >= 0.3 is 5.97 Å². The molecule has 0 saturated carbocycles. The van der Waals surface area contributed by atoms with Gasteiger partial charge in [-0.3, -0.25) is 0 Å². The van der Waals surface area contributed by atoms with Gasteiger partial charge in [0.25, 0.3) is 0 Å². The predicted octanol–water partition coefficient (Wildman–Crippen LogP) is 2.90. The van der Waals surface area contributed by atoms with Crippen LogP contribution in [0.25, 0.3) is 0 Å². The lowest BCUT2D eigenvalue weighted by molar-refractivity contribution is -0.156. The van der Waals surface area contributed by atoms with E-state index in [9.17, 15) is 14.3 Å². The van der Waals surface area contributed by atoms with Crippen LogP contribution < -0.4 is 0 Å². The van der Waals surface area contributed by atoms with Crippen LogP contribution in [0.3, 0.4) is 0 Å². The van der Waals surface area contributed by atoms with Gasteiger partial charge in [0.15, 0.2) is 0 Å². The number of phenolic OH excluding ortho intramolecular Hbond substituents is 1. The molecule has 16 heavy (non-hydrogen) atoms. The molecule has 0 saturated heterocycles. The van der Waals surface area contributed by atoms with Crippen LogP contribution in [0.4, 0.5) is 4.39 Å². The maximum absolute atomic E-state index is 14.1. The standard InChI is InChI=1S/C11H12BrFO3/c1-3-16-10(15)11(2,13)7-4-5-9(14)8(12)6-7/h4-6,14H,3H2,1-2H3. The molecule has 0 radical (unpaired) electrons. The van der Waals surface area contributed by atoms with Gasteiger partial charge in [-0.15, -0.1) is 0 Å². The zero-order valence-corrected chi connectivity index (χ0v) is 10.5. The van der Waals surface area contributed by atoms with Gasteiger partial charge in [-0.1, -0.05) is 6.07 Å². The maximum Gasteiger partial charge on any atom is 0.348 e. The summed E-state index contributed by atoms with van der Waals surface area (Å²) in [4.78, 5) is 11.4. The number of hydrogen-bond acceptors (Lipinski definition) is 3. The second-order valence-electron chi connectivity index (χ2n) is 3.39. The van der Waals surface area contributed by atoms with Crippen LogP contribution in [0.1, 0.15) is 19.4 Å². The summed E-state index contributed by atoms with van der Waals surface area (Å²) in [6.45, 7) is 2.86. The molecule has 1 rings (SSSR count). The van der Waals surface area contributed by atoms with E-state index in [4.69, 9.17) is 0 Å². The highest BCUT2D eigenvalue weighted by Crippen LogP contribution is 2.32. The number of hydrogen-bond donors (Lipinski definition) is 1. The van der Waals surface area contributed by atoms with Gasteiger partial charge in [-0.2, -0.15) is 0 Å². The fourth-order valence-electron chi connectivity index (χ4n) is 1.18. The van der Waals surface area contributed by atoms with Crippen molar-refractivity contribution in [2.75, 3.05) is 6.61 Å². The van der Waals surface area contributed by atoms with Crippen LogP contribution in [0.2, 0.25) is 0 Å². The van der Waals surface area contributed by atoms with Crippen molar-refractivity contribution in [1.29, 1.82) is 0 Å². The highest BCUT2D eigenvalue weighted by Gasteiger charge is 2.37. The number of ether oxygens (including phenoxy) is 1. The van der Waals surface area contributed by atoms with Crippen LogP contribution in [-0.2, 0) is 15.2 Å². The van der Waals surface area contributed by atoms with Crippen LogP contribution in [0.15, 0.2) is 22.7 Å². The predicted molar refractivity (Wildman–Crippen MR) is 60.9 cm³/mol. The third-order valence-electron chi connectivity index (χ3n) is 2.15. The molecule has 1 aromatic rings. The van der Waals surface area contributed by atoms with Gasteiger partial charge < -0.3 is 9.84 Å². The molecule has 1 unspecified atom stereocenters. The summed E-state index contributed by atoms with van der Waals surface area (Å²) in [5.41, 5.74) is -2.08. The van der Waals surface area contributed by atoms with Crippen molar-refractivity contribution in [1.82, 2.24) is 0 Å². The Bertz CT molecular complexity index is 404. The van der Waals surface area contributed by atoms with E-state index in [1.165, 1.54) is 18.2 Å². The zero-order valence-electron chi connectivity index (χ0n) is 8.96. The Labute approximate surface area is 101 Å². The van der Waals surface area contributed by atoms with Crippen molar-refractivity contribution >= 4 is 21.9 Å². The lowest BCUT2D eigenvalue weighted by Gasteiger charge is -2.19. The number of carbonyl (C=O) groups excluding carboxylic acids is 1. The number of alkyl halides is 1. The van der Waals surface area contributed by atoms with Crippen molar-refractivity contribution in [3.05, 3.63) is 28.2 Å². The molecular weight excluding hydrogens is 279 g/mol. The highest BCUT2D eigenvalue weighted by molar-refractivity contribution is 9.10. The lowest BCUT2D eigenvalue weighted by Crippen LogP contribution is -2.29. The highest BCUT2D eigenvalue weighted by atomic mass is 79.9. The Morgan fingerprint density at radius 3 is 2.75 bits per heavy atom. The number of rotatable bonds is 3. The molecule has 88 valence electrons. The smallest absolute Gasteiger partial charge is 0.348 e. The molecule has 0 fully saturated rings. The van der Waals surface area contributed by atoms with Gasteiger partial charge in [-0.05, 0) is 41.9 Å². The molecule has 1 atom stereocenters. The zero-order chi connectivity index (χ0) is 12.3. The molecule has 5 heteroatoms. The van der Waals surface area contributed by atoms with E-state index in [0.717, 1.165) is 6.92 Å². The minimum absolute atomic E-state index is 0.0107. The monoisotopic (exact) mass is 290 g/mol. The number of esters is 1. The van der Waals surface area contributed by atoms with Crippen molar-refractivity contribution in [3.8, 4) is 5.75 Å². The largest absolute Gasteiger partial charge is 0.507 e. The first kappa shape index (κ1) is 13.0. The molecule has 1 N–H and O–H groups in total. The topological polar surface area (TPSA) is 46.5 Å². The van der Waals surface area contributed by atoms with E-state index in [-0.39, 0.29) is 17.9 Å². The molecule has 0 aromatic heterocycles. The summed E-state index contributed by atoms with van der Waals surface area (Å²) >= 11 is 3.06. The van der Waals surface area contributed by atoms with Crippen LogP contribution in [-0.4, -0.2) is 17.7 Å². The SMILES string of the molecule is CCOC(=O)C(C)(F)c1ccc(O)c(Br)c1. The summed E-state index contributed by atoms with van der Waals surface area (Å²) in [5.74, 6) is -0.948. The quantitative estimate of drug-likeness (QED) is 0.871. The summed E-state index contributed by atoms with van der Waals surface area (Å²) in [6.07, 6.45) is 0. The molecule has 0 aliphatic heterocycles. The summed E-state index contributed by atoms with van der Waals surface area (Å²) in [6, 6.07) is 4.01. The van der Waals surface area contributed by atoms with Crippen LogP contribution >= 0.6 is 15.9 Å². The van der Waals surface area contributed by atoms with Crippen molar-refractivity contribution < 1.29 is 19.0 Å². The Balaban J connectivity index is 3.06. The van der Waals surface area contributed by atoms with E-state index in [2.05, 4.69) is 20.7 Å². The van der Waals surface area contributed by atoms with Gasteiger partial charge in [-0.25, -0.2) is 9.18 Å². The molecule has 0 aliphatic carbocycles. The number of halogens is 2. The Kier molecular flexibility index (Phi) is 3.91. The minimum atomic E-state index is -2.22. The van der Waals surface area contributed by atoms with Gasteiger partial charge in [0.2, 0.25) is 5.67 Å². The van der Waals surface area contributed by atoms with Gasteiger partial charge in [0.05, 0.1) is 11.1 Å². The van der Waals surface area contributed by atoms with Crippen molar-refractivity contribution in [2.45, 2.75) is 19.5 Å². The fraction of sp³-hybridized carbons (Fsp3) is 0.364. The summed E-state index contributed by atoms with van der Waals surface area (Å²) in [7, 11) is 0. The third kappa shape index (κ3) is 2.52. The molecule has 0 bridgehead atoms. The van der Waals surface area contributed by atoms with Crippen LogP contribution in [0, 0.1) is 0 Å². The first-order valence-corrected chi connectivity index (χ1v) is 5.54. The number of aromatic hydroxyl groups is 1. The summed E-state index contributed by atoms with van der Waals surface area (Å²) in [5, 5.41) is 9.27. The number of benzene rings is 1. The average Bonchev–Trinajstić information content (AvgIpc) is 2.22. The fourth-order valence-corrected chi connectivity index (χ4v) is 1.56. The number of carbonyl (C=O) groups is 1. The van der Waals surface area contributed by atoms with Crippen molar-refractivity contribution in [3.63, 3.8) is 0 Å². The Hall–Kier alpha value is -1.10. The maximum atomic E-state index is 14.1. The van der Waals surface area contributed by atoms with Crippen LogP contribution in [0.5, 0.6) is 5.75 Å². The second-order valence-corrected chi connectivity index (χ2v) is 4.24.